The van der Waals surface area contributed by atoms with Gasteiger partial charge in [-0.15, -0.1) is 0 Å². The van der Waals surface area contributed by atoms with Crippen LogP contribution in [0.2, 0.25) is 0 Å². The van der Waals surface area contributed by atoms with Crippen molar-refractivity contribution in [3.05, 3.63) is 0 Å². The average Bonchev–Trinajstić information content (AvgIpc) is 2.87. The Bertz CT molecular complexity index is 391. The predicted octanol–water partition coefficient (Wildman–Crippen LogP) is 1.80. The highest BCUT2D eigenvalue weighted by atomic mass is 16.5. The van der Waals surface area contributed by atoms with Crippen LogP contribution in [-0.2, 0) is 14.3 Å². The molecule has 112 valence electrons. The van der Waals surface area contributed by atoms with Crippen LogP contribution in [0.1, 0.15) is 51.4 Å². The van der Waals surface area contributed by atoms with Gasteiger partial charge in [-0.05, 0) is 44.4 Å². The van der Waals surface area contributed by atoms with Crippen molar-refractivity contribution in [2.75, 3.05) is 6.61 Å². The minimum atomic E-state index is -0.858. The normalized spacial score (nSPS) is 37.5. The Morgan fingerprint density at radius 1 is 1.05 bits per heavy atom. The maximum absolute atomic E-state index is 12.7. The Kier molecular flexibility index (Phi) is 3.96. The zero-order valence-electron chi connectivity index (χ0n) is 11.8. The van der Waals surface area contributed by atoms with Gasteiger partial charge in [0.15, 0.2) is 0 Å². The van der Waals surface area contributed by atoms with Crippen molar-refractivity contribution in [2.24, 2.45) is 5.92 Å². The molecule has 4 atom stereocenters. The van der Waals surface area contributed by atoms with Crippen molar-refractivity contribution >= 4 is 11.9 Å². The molecule has 0 aromatic carbocycles. The van der Waals surface area contributed by atoms with Crippen molar-refractivity contribution < 1.29 is 19.4 Å². The Labute approximate surface area is 119 Å². The molecule has 3 aliphatic rings. The molecule has 1 N–H and O–H groups in total. The fraction of sp³-hybridized carbons (Fsp3) is 0.867. The number of rotatable bonds is 2. The summed E-state index contributed by atoms with van der Waals surface area (Å²) >= 11 is 0. The molecule has 0 bridgehead atoms. The molecule has 0 spiro atoms. The first kappa shape index (κ1) is 13.9. The van der Waals surface area contributed by atoms with Gasteiger partial charge >= 0.3 is 5.97 Å². The van der Waals surface area contributed by atoms with Gasteiger partial charge in [-0.25, -0.2) is 4.79 Å². The Morgan fingerprint density at radius 3 is 2.50 bits per heavy atom. The van der Waals surface area contributed by atoms with E-state index in [2.05, 4.69) is 0 Å². The molecule has 2 heterocycles. The molecule has 3 fully saturated rings. The lowest BCUT2D eigenvalue weighted by molar-refractivity contribution is -0.158. The number of nitrogens with zero attached hydrogens (tertiary/aromatic N) is 1. The van der Waals surface area contributed by atoms with E-state index < -0.39 is 18.1 Å². The molecular formula is C15H23NO4. The zero-order valence-corrected chi connectivity index (χ0v) is 11.8. The van der Waals surface area contributed by atoms with E-state index >= 15 is 0 Å². The topological polar surface area (TPSA) is 66.8 Å². The molecule has 0 unspecified atom stereocenters. The van der Waals surface area contributed by atoms with Gasteiger partial charge in [0.1, 0.15) is 12.1 Å². The minimum Gasteiger partial charge on any atom is -0.480 e. The van der Waals surface area contributed by atoms with E-state index in [-0.39, 0.29) is 11.9 Å². The molecular weight excluding hydrogens is 258 g/mol. The molecule has 2 aliphatic heterocycles. The smallest absolute Gasteiger partial charge is 0.326 e. The molecule has 3 rings (SSSR count). The summed E-state index contributed by atoms with van der Waals surface area (Å²) in [5, 5.41) is 9.44. The van der Waals surface area contributed by atoms with Gasteiger partial charge in [-0.1, -0.05) is 12.8 Å². The van der Waals surface area contributed by atoms with E-state index in [9.17, 15) is 14.7 Å². The van der Waals surface area contributed by atoms with Crippen LogP contribution in [-0.4, -0.2) is 46.7 Å². The number of hydrogen-bond donors (Lipinski definition) is 1. The Morgan fingerprint density at radius 2 is 1.80 bits per heavy atom. The third-order valence-corrected chi connectivity index (χ3v) is 5.08. The van der Waals surface area contributed by atoms with Gasteiger partial charge in [0.05, 0.1) is 0 Å². The van der Waals surface area contributed by atoms with Crippen LogP contribution in [0.4, 0.5) is 0 Å². The van der Waals surface area contributed by atoms with E-state index in [1.807, 2.05) is 0 Å². The summed E-state index contributed by atoms with van der Waals surface area (Å²) < 4.78 is 5.58. The molecule has 1 saturated carbocycles. The van der Waals surface area contributed by atoms with Crippen molar-refractivity contribution in [2.45, 2.75) is 69.6 Å². The third kappa shape index (κ3) is 2.43. The highest BCUT2D eigenvalue weighted by Gasteiger charge is 2.49. The summed E-state index contributed by atoms with van der Waals surface area (Å²) in [4.78, 5) is 25.9. The lowest BCUT2D eigenvalue weighted by Crippen LogP contribution is -2.51. The summed E-state index contributed by atoms with van der Waals surface area (Å²) in [7, 11) is 0. The monoisotopic (exact) mass is 281 g/mol. The van der Waals surface area contributed by atoms with Crippen molar-refractivity contribution in [1.29, 1.82) is 0 Å². The van der Waals surface area contributed by atoms with E-state index in [4.69, 9.17) is 4.74 Å². The second-order valence-corrected chi connectivity index (χ2v) is 6.30. The van der Waals surface area contributed by atoms with Crippen LogP contribution in [0.25, 0.3) is 0 Å². The molecule has 2 saturated heterocycles. The number of fused-ring (bicyclic) bond motifs is 1. The summed E-state index contributed by atoms with van der Waals surface area (Å²) in [6.07, 6.45) is 7.21. The predicted molar refractivity (Wildman–Crippen MR) is 72.2 cm³/mol. The summed E-state index contributed by atoms with van der Waals surface area (Å²) in [6.45, 7) is 0.621. The van der Waals surface area contributed by atoms with Crippen LogP contribution in [0.3, 0.4) is 0 Å². The highest BCUT2D eigenvalue weighted by molar-refractivity contribution is 5.87. The number of amides is 1. The average molecular weight is 281 g/mol. The van der Waals surface area contributed by atoms with Gasteiger partial charge < -0.3 is 14.7 Å². The molecule has 1 aliphatic carbocycles. The van der Waals surface area contributed by atoms with Gasteiger partial charge in [-0.3, -0.25) is 4.79 Å². The van der Waals surface area contributed by atoms with Crippen molar-refractivity contribution in [1.82, 2.24) is 4.90 Å². The van der Waals surface area contributed by atoms with Crippen LogP contribution >= 0.6 is 0 Å². The van der Waals surface area contributed by atoms with E-state index in [0.29, 0.717) is 18.9 Å². The molecule has 1 amide bonds. The summed E-state index contributed by atoms with van der Waals surface area (Å²) in [6, 6.07) is -0.510. The van der Waals surface area contributed by atoms with Crippen LogP contribution in [0.15, 0.2) is 0 Å². The Balaban J connectivity index is 1.79. The number of likely N-dealkylation sites (tertiary alicyclic amines) is 1. The van der Waals surface area contributed by atoms with E-state index in [1.54, 1.807) is 4.90 Å². The Hall–Kier alpha value is -1.10. The maximum atomic E-state index is 12.7. The number of carbonyl (C=O) groups excluding carboxylic acids is 1. The lowest BCUT2D eigenvalue weighted by Gasteiger charge is -2.36. The first-order chi connectivity index (χ1) is 9.68. The second-order valence-electron chi connectivity index (χ2n) is 6.30. The first-order valence-corrected chi connectivity index (χ1v) is 7.85. The second kappa shape index (κ2) is 5.72. The number of carboxylic acid groups (broad SMARTS) is 1. The zero-order chi connectivity index (χ0) is 14.1. The van der Waals surface area contributed by atoms with Crippen LogP contribution < -0.4 is 0 Å². The maximum Gasteiger partial charge on any atom is 0.326 e. The van der Waals surface area contributed by atoms with Gasteiger partial charge in [0.25, 0.3) is 5.91 Å². The number of hydrogen-bond acceptors (Lipinski definition) is 3. The summed E-state index contributed by atoms with van der Waals surface area (Å²) in [5.74, 6) is -0.563. The largest absolute Gasteiger partial charge is 0.480 e. The van der Waals surface area contributed by atoms with Crippen molar-refractivity contribution in [3.63, 3.8) is 0 Å². The lowest BCUT2D eigenvalue weighted by atomic mass is 9.84. The molecule has 5 nitrogen and oxygen atoms in total. The quantitative estimate of drug-likeness (QED) is 0.838. The van der Waals surface area contributed by atoms with Gasteiger partial charge in [0.2, 0.25) is 0 Å². The minimum absolute atomic E-state index is 0.0773. The number of carbonyl (C=O) groups is 2. The molecule has 0 aromatic rings. The van der Waals surface area contributed by atoms with Crippen LogP contribution in [0, 0.1) is 5.92 Å². The fourth-order valence-corrected chi connectivity index (χ4v) is 4.10. The van der Waals surface area contributed by atoms with Crippen LogP contribution in [0.5, 0.6) is 0 Å². The standard InChI is InChI=1S/C15H23NO4/c17-14(13-7-3-4-8-20-13)16-11-6-2-1-5-10(11)9-12(16)15(18)19/h10-13H,1-9H2,(H,18,19)/t10-,11+,12-,13-/m0/s1. The third-order valence-electron chi connectivity index (χ3n) is 5.08. The SMILES string of the molecule is O=C(O)[C@@H]1C[C@@H]2CCCC[C@H]2N1C(=O)[C@@H]1CCCCO1. The first-order valence-electron chi connectivity index (χ1n) is 7.85. The molecule has 20 heavy (non-hydrogen) atoms. The van der Waals surface area contributed by atoms with E-state index in [1.165, 1.54) is 0 Å². The number of aliphatic carboxylic acids is 1. The molecule has 5 heteroatoms. The van der Waals surface area contributed by atoms with Crippen molar-refractivity contribution in [3.8, 4) is 0 Å². The molecule has 0 aromatic heterocycles. The fourth-order valence-electron chi connectivity index (χ4n) is 4.10. The van der Waals surface area contributed by atoms with Gasteiger partial charge in [0, 0.05) is 12.6 Å². The van der Waals surface area contributed by atoms with E-state index in [0.717, 1.165) is 44.9 Å². The highest BCUT2D eigenvalue weighted by Crippen LogP contribution is 2.40. The van der Waals surface area contributed by atoms with Gasteiger partial charge in [-0.2, -0.15) is 0 Å². The molecule has 0 radical (unpaired) electrons. The summed E-state index contributed by atoms with van der Waals surface area (Å²) in [5.41, 5.74) is 0. The number of ether oxygens (including phenoxy) is 1. The number of carboxylic acids is 1.